The first-order valence-corrected chi connectivity index (χ1v) is 7.46. The molecule has 0 aliphatic carbocycles. The molecule has 0 heterocycles. The van der Waals surface area contributed by atoms with E-state index in [1.165, 1.54) is 18.2 Å². The first kappa shape index (κ1) is 18.0. The van der Waals surface area contributed by atoms with Crippen LogP contribution in [0, 0.1) is 0 Å². The number of rotatable bonds is 9. The van der Waals surface area contributed by atoms with Gasteiger partial charge in [0.25, 0.3) is 0 Å². The van der Waals surface area contributed by atoms with Crippen LogP contribution in [0.25, 0.3) is 0 Å². The maximum atomic E-state index is 11.3. The highest BCUT2D eigenvalue weighted by Gasteiger charge is 2.12. The molecular formula is C18H24O4. The summed E-state index contributed by atoms with van der Waals surface area (Å²) in [6, 6.07) is 8.06. The van der Waals surface area contributed by atoms with Gasteiger partial charge in [-0.2, -0.15) is 0 Å². The Morgan fingerprint density at radius 2 is 1.77 bits per heavy atom. The average Bonchev–Trinajstić information content (AvgIpc) is 2.54. The van der Waals surface area contributed by atoms with Crippen LogP contribution >= 0.6 is 0 Å². The van der Waals surface area contributed by atoms with E-state index >= 15 is 0 Å². The smallest absolute Gasteiger partial charge is 0.374 e. The Labute approximate surface area is 132 Å². The van der Waals surface area contributed by atoms with Crippen LogP contribution in [0.15, 0.2) is 35.9 Å². The summed E-state index contributed by atoms with van der Waals surface area (Å²) in [5.74, 6) is -0.333. The Hall–Kier alpha value is -2.10. The van der Waals surface area contributed by atoms with E-state index in [0.717, 1.165) is 25.0 Å². The van der Waals surface area contributed by atoms with Gasteiger partial charge in [0.1, 0.15) is 5.75 Å². The van der Waals surface area contributed by atoms with Gasteiger partial charge in [-0.3, -0.25) is 4.79 Å². The van der Waals surface area contributed by atoms with Crippen LogP contribution in [-0.2, 0) is 20.7 Å². The number of aryl methyl sites for hydroxylation is 1. The lowest BCUT2D eigenvalue weighted by atomic mass is 10.0. The Morgan fingerprint density at radius 1 is 1.09 bits per heavy atom. The molecule has 0 saturated carbocycles. The highest BCUT2D eigenvalue weighted by molar-refractivity contribution is 6.33. The second-order valence-corrected chi connectivity index (χ2v) is 5.21. The number of ketones is 1. The van der Waals surface area contributed by atoms with Gasteiger partial charge >= 0.3 is 5.97 Å². The highest BCUT2D eigenvalue weighted by Crippen LogP contribution is 2.14. The van der Waals surface area contributed by atoms with Crippen LogP contribution in [0.2, 0.25) is 0 Å². The molecule has 1 aromatic rings. The highest BCUT2D eigenvalue weighted by atomic mass is 16.5. The van der Waals surface area contributed by atoms with E-state index in [2.05, 4.69) is 29.9 Å². The first-order valence-electron chi connectivity index (χ1n) is 7.46. The van der Waals surface area contributed by atoms with E-state index in [-0.39, 0.29) is 6.42 Å². The van der Waals surface area contributed by atoms with Crippen molar-refractivity contribution < 1.29 is 19.1 Å². The zero-order valence-electron chi connectivity index (χ0n) is 13.6. The van der Waals surface area contributed by atoms with E-state index in [4.69, 9.17) is 4.74 Å². The summed E-state index contributed by atoms with van der Waals surface area (Å²) in [6.45, 7) is 2.05. The minimum absolute atomic E-state index is 0.246. The SMILES string of the molecule is COC(=O)C(=O)CCC/C(C)=C/CCc1ccc(OC)cc1. The third kappa shape index (κ3) is 6.57. The minimum atomic E-state index is -0.749. The third-order valence-corrected chi connectivity index (χ3v) is 3.47. The summed E-state index contributed by atoms with van der Waals surface area (Å²) >= 11 is 0. The molecule has 0 bridgehead atoms. The number of hydrogen-bond donors (Lipinski definition) is 0. The van der Waals surface area contributed by atoms with Crippen molar-refractivity contribution in [2.24, 2.45) is 0 Å². The van der Waals surface area contributed by atoms with E-state index in [0.29, 0.717) is 6.42 Å². The molecule has 0 unspecified atom stereocenters. The van der Waals surface area contributed by atoms with Crippen LogP contribution in [0.3, 0.4) is 0 Å². The summed E-state index contributed by atoms with van der Waals surface area (Å²) in [6.07, 6.45) is 5.87. The van der Waals surface area contributed by atoms with Crippen molar-refractivity contribution in [2.45, 2.75) is 39.0 Å². The number of carbonyl (C=O) groups is 2. The van der Waals surface area contributed by atoms with Gasteiger partial charge < -0.3 is 9.47 Å². The largest absolute Gasteiger partial charge is 0.497 e. The predicted octanol–water partition coefficient (Wildman–Crippen LogP) is 3.49. The number of benzene rings is 1. The molecule has 0 aliphatic rings. The van der Waals surface area contributed by atoms with Crippen molar-refractivity contribution in [1.82, 2.24) is 0 Å². The second kappa shape index (κ2) is 9.77. The number of hydrogen-bond acceptors (Lipinski definition) is 4. The van der Waals surface area contributed by atoms with E-state index < -0.39 is 11.8 Å². The number of methoxy groups -OCH3 is 2. The Kier molecular flexibility index (Phi) is 7.97. The molecule has 22 heavy (non-hydrogen) atoms. The zero-order chi connectivity index (χ0) is 16.4. The number of esters is 1. The van der Waals surface area contributed by atoms with Crippen LogP contribution < -0.4 is 4.74 Å². The molecule has 1 aromatic carbocycles. The predicted molar refractivity (Wildman–Crippen MR) is 85.9 cm³/mol. The van der Waals surface area contributed by atoms with Crippen LogP contribution in [0.1, 0.15) is 38.2 Å². The van der Waals surface area contributed by atoms with Gasteiger partial charge in [-0.25, -0.2) is 4.79 Å². The number of allylic oxidation sites excluding steroid dienone is 2. The molecule has 0 saturated heterocycles. The lowest BCUT2D eigenvalue weighted by molar-refractivity contribution is -0.151. The van der Waals surface area contributed by atoms with Crippen LogP contribution in [0.4, 0.5) is 0 Å². The molecule has 4 heteroatoms. The Morgan fingerprint density at radius 3 is 2.36 bits per heavy atom. The van der Waals surface area contributed by atoms with Crippen molar-refractivity contribution in [3.63, 3.8) is 0 Å². The normalized spacial score (nSPS) is 11.1. The maximum absolute atomic E-state index is 11.3. The van der Waals surface area contributed by atoms with Crippen LogP contribution in [0.5, 0.6) is 5.75 Å². The van der Waals surface area contributed by atoms with Crippen molar-refractivity contribution in [2.75, 3.05) is 14.2 Å². The molecule has 0 radical (unpaired) electrons. The van der Waals surface area contributed by atoms with Gasteiger partial charge in [-0.05, 0) is 50.3 Å². The summed E-state index contributed by atoms with van der Waals surface area (Å²) < 4.78 is 9.52. The third-order valence-electron chi connectivity index (χ3n) is 3.47. The minimum Gasteiger partial charge on any atom is -0.497 e. The molecule has 0 N–H and O–H groups in total. The topological polar surface area (TPSA) is 52.6 Å². The standard InChI is InChI=1S/C18H24O4/c1-14(7-5-9-17(19)18(20)22-3)6-4-8-15-10-12-16(21-2)13-11-15/h6,10-13H,4-5,7-9H2,1-3H3/b14-6+. The van der Waals surface area contributed by atoms with E-state index in [1.54, 1.807) is 7.11 Å². The summed E-state index contributed by atoms with van der Waals surface area (Å²) in [4.78, 5) is 22.3. The lowest BCUT2D eigenvalue weighted by Crippen LogP contribution is -2.14. The fourth-order valence-electron chi connectivity index (χ4n) is 2.12. The molecule has 0 fully saturated rings. The molecule has 0 aliphatic heterocycles. The van der Waals surface area contributed by atoms with Gasteiger partial charge in [0, 0.05) is 6.42 Å². The summed E-state index contributed by atoms with van der Waals surface area (Å²) in [5.41, 5.74) is 2.51. The summed E-state index contributed by atoms with van der Waals surface area (Å²) in [7, 11) is 2.89. The Balaban J connectivity index is 2.27. The van der Waals surface area contributed by atoms with Crippen molar-refractivity contribution in [3.05, 3.63) is 41.5 Å². The van der Waals surface area contributed by atoms with Crippen molar-refractivity contribution in [3.8, 4) is 5.75 Å². The molecular weight excluding hydrogens is 280 g/mol. The van der Waals surface area contributed by atoms with Crippen molar-refractivity contribution in [1.29, 1.82) is 0 Å². The second-order valence-electron chi connectivity index (χ2n) is 5.21. The van der Waals surface area contributed by atoms with Gasteiger partial charge in [0.05, 0.1) is 14.2 Å². The van der Waals surface area contributed by atoms with Crippen LogP contribution in [-0.4, -0.2) is 26.0 Å². The van der Waals surface area contributed by atoms with Gasteiger partial charge in [0.15, 0.2) is 0 Å². The molecule has 0 spiro atoms. The zero-order valence-corrected chi connectivity index (χ0v) is 13.6. The molecule has 0 amide bonds. The monoisotopic (exact) mass is 304 g/mol. The average molecular weight is 304 g/mol. The first-order chi connectivity index (χ1) is 10.6. The quantitative estimate of drug-likeness (QED) is 0.398. The molecule has 1 rings (SSSR count). The fourth-order valence-corrected chi connectivity index (χ4v) is 2.12. The molecule has 120 valence electrons. The lowest BCUT2D eigenvalue weighted by Gasteiger charge is -2.03. The van der Waals surface area contributed by atoms with Crippen molar-refractivity contribution >= 4 is 11.8 Å². The number of Topliss-reactive ketones (excluding diaryl/α,β-unsaturated/α-hetero) is 1. The maximum Gasteiger partial charge on any atom is 0.374 e. The molecule has 0 aromatic heterocycles. The van der Waals surface area contributed by atoms with E-state index in [9.17, 15) is 9.59 Å². The molecule has 0 atom stereocenters. The van der Waals surface area contributed by atoms with Gasteiger partial charge in [-0.1, -0.05) is 23.8 Å². The summed E-state index contributed by atoms with van der Waals surface area (Å²) in [5, 5.41) is 0. The molecule has 4 nitrogen and oxygen atoms in total. The van der Waals surface area contributed by atoms with Gasteiger partial charge in [-0.15, -0.1) is 0 Å². The van der Waals surface area contributed by atoms with E-state index in [1.807, 2.05) is 12.1 Å². The number of carbonyl (C=O) groups excluding carboxylic acids is 2. The number of ether oxygens (including phenoxy) is 2. The van der Waals surface area contributed by atoms with Gasteiger partial charge in [0.2, 0.25) is 5.78 Å². The fraction of sp³-hybridized carbons (Fsp3) is 0.444. The Bertz CT molecular complexity index is 514.